The monoisotopic (exact) mass is 273 g/mol. The fourth-order valence-corrected chi connectivity index (χ4v) is 2.82. The summed E-state index contributed by atoms with van der Waals surface area (Å²) >= 11 is 0. The minimum Gasteiger partial charge on any atom is -0.362 e. The molecular weight excluding hydrogens is 254 g/mol. The van der Waals surface area contributed by atoms with Crippen molar-refractivity contribution in [2.75, 3.05) is 0 Å². The van der Waals surface area contributed by atoms with Gasteiger partial charge in [0.25, 0.3) is 0 Å². The van der Waals surface area contributed by atoms with Crippen molar-refractivity contribution in [2.45, 2.75) is 12.3 Å². The van der Waals surface area contributed by atoms with Crippen molar-refractivity contribution < 1.29 is 0 Å². The van der Waals surface area contributed by atoms with Crippen LogP contribution in [0.15, 0.2) is 91.2 Å². The lowest BCUT2D eigenvalue weighted by atomic mass is 9.85. The van der Waals surface area contributed by atoms with Crippen LogP contribution in [0.1, 0.15) is 23.5 Å². The van der Waals surface area contributed by atoms with Crippen molar-refractivity contribution in [3.63, 3.8) is 0 Å². The zero-order chi connectivity index (χ0) is 14.5. The van der Waals surface area contributed by atoms with Gasteiger partial charge in [-0.3, -0.25) is 0 Å². The molecule has 21 heavy (non-hydrogen) atoms. The Labute approximate surface area is 126 Å². The molecule has 0 amide bonds. The van der Waals surface area contributed by atoms with Crippen LogP contribution in [0.5, 0.6) is 0 Å². The van der Waals surface area contributed by atoms with Crippen LogP contribution in [0.3, 0.4) is 0 Å². The SMILES string of the molecule is C=CC(C1=C(c2ccccc2)NC=CC1)c1ccccc1. The van der Waals surface area contributed by atoms with Gasteiger partial charge in [0.05, 0.1) is 0 Å². The van der Waals surface area contributed by atoms with Crippen LogP contribution < -0.4 is 5.32 Å². The predicted octanol–water partition coefficient (Wildman–Crippen LogP) is 4.87. The van der Waals surface area contributed by atoms with Crippen molar-refractivity contribution in [1.29, 1.82) is 0 Å². The first-order valence-electron chi connectivity index (χ1n) is 7.27. The quantitative estimate of drug-likeness (QED) is 0.783. The van der Waals surface area contributed by atoms with E-state index >= 15 is 0 Å². The van der Waals surface area contributed by atoms with E-state index in [0.29, 0.717) is 0 Å². The molecule has 0 aliphatic carbocycles. The molecule has 3 rings (SSSR count). The molecule has 104 valence electrons. The van der Waals surface area contributed by atoms with Gasteiger partial charge < -0.3 is 5.32 Å². The molecule has 1 aliphatic rings. The van der Waals surface area contributed by atoms with E-state index in [1.165, 1.54) is 22.4 Å². The molecule has 2 aromatic carbocycles. The Balaban J connectivity index is 2.07. The fraction of sp³-hybridized carbons (Fsp3) is 0.100. The van der Waals surface area contributed by atoms with Crippen LogP contribution in [0.2, 0.25) is 0 Å². The van der Waals surface area contributed by atoms with Gasteiger partial charge in [-0.2, -0.15) is 0 Å². The minimum absolute atomic E-state index is 0.235. The zero-order valence-electron chi connectivity index (χ0n) is 12.0. The molecule has 1 N–H and O–H groups in total. The van der Waals surface area contributed by atoms with Crippen molar-refractivity contribution in [3.05, 3.63) is 102 Å². The molecule has 1 nitrogen and oxygen atoms in total. The van der Waals surface area contributed by atoms with Crippen LogP contribution in [-0.2, 0) is 0 Å². The topological polar surface area (TPSA) is 12.0 Å². The highest BCUT2D eigenvalue weighted by molar-refractivity contribution is 5.71. The molecule has 2 aromatic rings. The van der Waals surface area contributed by atoms with Crippen LogP contribution in [0.25, 0.3) is 5.70 Å². The summed E-state index contributed by atoms with van der Waals surface area (Å²) in [7, 11) is 0. The van der Waals surface area contributed by atoms with Gasteiger partial charge in [-0.25, -0.2) is 0 Å². The summed E-state index contributed by atoms with van der Waals surface area (Å²) in [4.78, 5) is 0. The third-order valence-electron chi connectivity index (χ3n) is 3.84. The lowest BCUT2D eigenvalue weighted by molar-refractivity contribution is 0.912. The predicted molar refractivity (Wildman–Crippen MR) is 89.6 cm³/mol. The normalized spacial score (nSPS) is 15.4. The summed E-state index contributed by atoms with van der Waals surface area (Å²) in [6.07, 6.45) is 7.18. The number of nitrogens with one attached hydrogen (secondary N) is 1. The molecule has 1 aliphatic heterocycles. The molecule has 0 fully saturated rings. The summed E-state index contributed by atoms with van der Waals surface area (Å²) in [5.74, 6) is 0.235. The van der Waals surface area contributed by atoms with E-state index in [2.05, 4.69) is 72.6 Å². The van der Waals surface area contributed by atoms with E-state index in [9.17, 15) is 0 Å². The zero-order valence-corrected chi connectivity index (χ0v) is 12.0. The highest BCUT2D eigenvalue weighted by Gasteiger charge is 2.19. The highest BCUT2D eigenvalue weighted by atomic mass is 14.9. The van der Waals surface area contributed by atoms with Gasteiger partial charge in [-0.05, 0) is 29.3 Å². The number of allylic oxidation sites excluding steroid dienone is 3. The summed E-state index contributed by atoms with van der Waals surface area (Å²) in [5, 5.41) is 3.42. The van der Waals surface area contributed by atoms with Gasteiger partial charge >= 0.3 is 0 Å². The van der Waals surface area contributed by atoms with E-state index in [0.717, 1.165) is 6.42 Å². The van der Waals surface area contributed by atoms with Gasteiger partial charge in [0.1, 0.15) is 0 Å². The molecule has 0 spiro atoms. The second-order valence-corrected chi connectivity index (χ2v) is 5.14. The maximum atomic E-state index is 4.05. The molecule has 1 unspecified atom stereocenters. The van der Waals surface area contributed by atoms with Gasteiger partial charge in [0, 0.05) is 11.6 Å². The van der Waals surface area contributed by atoms with Crippen molar-refractivity contribution in [3.8, 4) is 0 Å². The summed E-state index contributed by atoms with van der Waals surface area (Å²) in [5.41, 5.74) is 5.07. The average molecular weight is 273 g/mol. The van der Waals surface area contributed by atoms with E-state index < -0.39 is 0 Å². The third-order valence-corrected chi connectivity index (χ3v) is 3.84. The first-order valence-corrected chi connectivity index (χ1v) is 7.27. The number of benzene rings is 2. The Morgan fingerprint density at radius 2 is 1.62 bits per heavy atom. The van der Waals surface area contributed by atoms with Crippen LogP contribution >= 0.6 is 0 Å². The number of hydrogen-bond acceptors (Lipinski definition) is 1. The first-order chi connectivity index (χ1) is 10.4. The summed E-state index contributed by atoms with van der Waals surface area (Å²) < 4.78 is 0. The molecule has 1 heteroatoms. The molecule has 0 radical (unpaired) electrons. The lowest BCUT2D eigenvalue weighted by Gasteiger charge is -2.24. The Bertz CT molecular complexity index is 665. The average Bonchev–Trinajstić information content (AvgIpc) is 2.58. The second-order valence-electron chi connectivity index (χ2n) is 5.14. The molecule has 0 saturated heterocycles. The summed E-state index contributed by atoms with van der Waals surface area (Å²) in [6.45, 7) is 4.05. The van der Waals surface area contributed by atoms with E-state index in [4.69, 9.17) is 0 Å². The van der Waals surface area contributed by atoms with Crippen LogP contribution in [-0.4, -0.2) is 0 Å². The van der Waals surface area contributed by atoms with Gasteiger partial charge in [-0.15, -0.1) is 6.58 Å². The van der Waals surface area contributed by atoms with Crippen molar-refractivity contribution >= 4 is 5.70 Å². The molecule has 0 saturated carbocycles. The standard InChI is InChI=1S/C20H19N/c1-2-18(16-10-5-3-6-11-16)19-14-9-15-21-20(19)17-12-7-4-8-13-17/h2-13,15,18,21H,1,14H2. The Morgan fingerprint density at radius 3 is 2.29 bits per heavy atom. The maximum Gasteiger partial charge on any atom is 0.0457 e. The van der Waals surface area contributed by atoms with E-state index in [1.54, 1.807) is 0 Å². The highest BCUT2D eigenvalue weighted by Crippen LogP contribution is 2.34. The van der Waals surface area contributed by atoms with Crippen molar-refractivity contribution in [2.24, 2.45) is 0 Å². The van der Waals surface area contributed by atoms with Gasteiger partial charge in [0.2, 0.25) is 0 Å². The lowest BCUT2D eigenvalue weighted by Crippen LogP contribution is -2.14. The number of rotatable bonds is 4. The molecule has 0 bridgehead atoms. The van der Waals surface area contributed by atoms with E-state index in [-0.39, 0.29) is 5.92 Å². The maximum absolute atomic E-state index is 4.05. The van der Waals surface area contributed by atoms with Gasteiger partial charge in [0.15, 0.2) is 0 Å². The molecular formula is C20H19N. The Kier molecular flexibility index (Phi) is 4.02. The van der Waals surface area contributed by atoms with E-state index in [1.807, 2.05) is 18.3 Å². The fourth-order valence-electron chi connectivity index (χ4n) is 2.82. The third kappa shape index (κ3) is 2.82. The van der Waals surface area contributed by atoms with Crippen LogP contribution in [0.4, 0.5) is 0 Å². The number of hydrogen-bond donors (Lipinski definition) is 1. The Hall–Kier alpha value is -2.54. The molecule has 1 atom stereocenters. The molecule has 1 heterocycles. The largest absolute Gasteiger partial charge is 0.362 e. The minimum atomic E-state index is 0.235. The Morgan fingerprint density at radius 1 is 0.952 bits per heavy atom. The van der Waals surface area contributed by atoms with Gasteiger partial charge in [-0.1, -0.05) is 72.8 Å². The van der Waals surface area contributed by atoms with Crippen molar-refractivity contribution in [1.82, 2.24) is 5.32 Å². The smallest absolute Gasteiger partial charge is 0.0457 e. The molecule has 0 aromatic heterocycles. The first kappa shape index (κ1) is 13.4. The van der Waals surface area contributed by atoms with Crippen LogP contribution in [0, 0.1) is 0 Å². The summed E-state index contributed by atoms with van der Waals surface area (Å²) in [6, 6.07) is 21.0. The second kappa shape index (κ2) is 6.27. The number of dihydropyridines is 1.